The minimum absolute atomic E-state index is 0.195. The highest BCUT2D eigenvalue weighted by Crippen LogP contribution is 2.34. The SMILES string of the molecule is O=C(Oc1cccc(/C=C2\SC(=O)N(Cc3cccc4ccccc34)C2=O)c1)c1cccc(Cl)c1. The van der Waals surface area contributed by atoms with Gasteiger partial charge in [0.15, 0.2) is 0 Å². The Morgan fingerprint density at radius 3 is 2.54 bits per heavy atom. The molecule has 0 atom stereocenters. The van der Waals surface area contributed by atoms with Gasteiger partial charge in [-0.15, -0.1) is 0 Å². The van der Waals surface area contributed by atoms with Gasteiger partial charge in [-0.05, 0) is 70.1 Å². The van der Waals surface area contributed by atoms with Gasteiger partial charge in [-0.2, -0.15) is 0 Å². The van der Waals surface area contributed by atoms with Crippen LogP contribution >= 0.6 is 23.4 Å². The molecule has 172 valence electrons. The summed E-state index contributed by atoms with van der Waals surface area (Å²) >= 11 is 6.84. The Hall–Kier alpha value is -3.87. The fourth-order valence-corrected chi connectivity index (χ4v) is 4.87. The standard InChI is InChI=1S/C28H18ClNO4S/c29-22-11-5-9-20(16-22)27(32)34-23-12-3-6-18(14-23)15-25-26(31)30(28(33)35-25)17-21-10-4-8-19-7-1-2-13-24(19)21/h1-16H,17H2/b25-15-. The highest BCUT2D eigenvalue weighted by molar-refractivity contribution is 8.18. The number of imide groups is 1. The topological polar surface area (TPSA) is 63.7 Å². The van der Waals surface area contributed by atoms with Crippen molar-refractivity contribution in [1.29, 1.82) is 0 Å². The predicted octanol–water partition coefficient (Wildman–Crippen LogP) is 6.95. The maximum Gasteiger partial charge on any atom is 0.343 e. The number of carbonyl (C=O) groups excluding carboxylic acids is 3. The summed E-state index contributed by atoms with van der Waals surface area (Å²) in [5.41, 5.74) is 1.87. The maximum atomic E-state index is 13.1. The van der Waals surface area contributed by atoms with Gasteiger partial charge in [-0.25, -0.2) is 4.79 Å². The number of hydrogen-bond donors (Lipinski definition) is 0. The second-order valence-corrected chi connectivity index (χ2v) is 9.31. The molecule has 0 spiro atoms. The zero-order chi connectivity index (χ0) is 24.4. The van der Waals surface area contributed by atoms with E-state index in [9.17, 15) is 14.4 Å². The molecule has 5 nitrogen and oxygen atoms in total. The van der Waals surface area contributed by atoms with Crippen LogP contribution in [0.4, 0.5) is 4.79 Å². The fraction of sp³-hybridized carbons (Fsp3) is 0.0357. The molecule has 4 aromatic rings. The summed E-state index contributed by atoms with van der Waals surface area (Å²) in [5.74, 6) is -0.576. The van der Waals surface area contributed by atoms with Gasteiger partial charge in [0.1, 0.15) is 5.75 Å². The van der Waals surface area contributed by atoms with Gasteiger partial charge >= 0.3 is 5.97 Å². The number of hydrogen-bond acceptors (Lipinski definition) is 5. The number of carbonyl (C=O) groups is 3. The van der Waals surface area contributed by atoms with E-state index in [4.69, 9.17) is 16.3 Å². The molecule has 0 unspecified atom stereocenters. The molecule has 0 saturated carbocycles. The van der Waals surface area contributed by atoms with Gasteiger partial charge in [0.25, 0.3) is 11.1 Å². The van der Waals surface area contributed by atoms with Crippen molar-refractivity contribution in [2.24, 2.45) is 0 Å². The molecule has 0 aromatic heterocycles. The first kappa shape index (κ1) is 22.9. The average molecular weight is 500 g/mol. The van der Waals surface area contributed by atoms with Crippen LogP contribution < -0.4 is 4.74 Å². The molecule has 1 heterocycles. The molecular formula is C28H18ClNO4S. The molecule has 1 fully saturated rings. The molecule has 1 aliphatic heterocycles. The molecule has 4 aromatic carbocycles. The summed E-state index contributed by atoms with van der Waals surface area (Å²) in [7, 11) is 0. The van der Waals surface area contributed by atoms with Crippen LogP contribution in [-0.2, 0) is 11.3 Å². The molecule has 0 aliphatic carbocycles. The van der Waals surface area contributed by atoms with Crippen molar-refractivity contribution in [1.82, 2.24) is 4.90 Å². The highest BCUT2D eigenvalue weighted by Gasteiger charge is 2.35. The van der Waals surface area contributed by atoms with Crippen molar-refractivity contribution in [3.05, 3.63) is 118 Å². The van der Waals surface area contributed by atoms with Crippen LogP contribution in [0.3, 0.4) is 0 Å². The molecule has 2 amide bonds. The minimum atomic E-state index is -0.542. The number of benzene rings is 4. The number of nitrogens with zero attached hydrogens (tertiary/aromatic N) is 1. The maximum absolute atomic E-state index is 13.1. The van der Waals surface area contributed by atoms with Gasteiger partial charge < -0.3 is 4.74 Å². The molecule has 1 saturated heterocycles. The number of rotatable bonds is 5. The van der Waals surface area contributed by atoms with Crippen LogP contribution in [0.5, 0.6) is 5.75 Å². The van der Waals surface area contributed by atoms with E-state index in [1.54, 1.807) is 48.5 Å². The summed E-state index contributed by atoms with van der Waals surface area (Å²) in [6.07, 6.45) is 1.63. The number of halogens is 1. The van der Waals surface area contributed by atoms with Crippen LogP contribution in [0.25, 0.3) is 16.8 Å². The lowest BCUT2D eigenvalue weighted by molar-refractivity contribution is -0.123. The van der Waals surface area contributed by atoms with Crippen molar-refractivity contribution < 1.29 is 19.1 Å². The van der Waals surface area contributed by atoms with Crippen LogP contribution in [0.1, 0.15) is 21.5 Å². The molecule has 5 rings (SSSR count). The largest absolute Gasteiger partial charge is 0.423 e. The molecule has 0 bridgehead atoms. The van der Waals surface area contributed by atoms with E-state index in [1.807, 2.05) is 42.5 Å². The third-order valence-electron chi connectivity index (χ3n) is 5.51. The van der Waals surface area contributed by atoms with Gasteiger partial charge in [0.05, 0.1) is 17.0 Å². The van der Waals surface area contributed by atoms with Crippen LogP contribution in [0.2, 0.25) is 5.02 Å². The smallest absolute Gasteiger partial charge is 0.343 e. The van der Waals surface area contributed by atoms with Crippen molar-refractivity contribution in [2.75, 3.05) is 0 Å². The van der Waals surface area contributed by atoms with E-state index in [0.29, 0.717) is 26.8 Å². The third kappa shape index (κ3) is 4.99. The van der Waals surface area contributed by atoms with E-state index >= 15 is 0 Å². The average Bonchev–Trinajstić information content (AvgIpc) is 3.11. The van der Waals surface area contributed by atoms with Crippen molar-refractivity contribution in [3.63, 3.8) is 0 Å². The molecule has 35 heavy (non-hydrogen) atoms. The number of esters is 1. The Labute approximate surface area is 211 Å². The first-order valence-electron chi connectivity index (χ1n) is 10.8. The Morgan fingerprint density at radius 2 is 1.69 bits per heavy atom. The number of thioether (sulfide) groups is 1. The Morgan fingerprint density at radius 1 is 0.914 bits per heavy atom. The van der Waals surface area contributed by atoms with E-state index < -0.39 is 5.97 Å². The van der Waals surface area contributed by atoms with Gasteiger partial charge in [-0.3, -0.25) is 14.5 Å². The highest BCUT2D eigenvalue weighted by atomic mass is 35.5. The summed E-state index contributed by atoms with van der Waals surface area (Å²) in [5, 5.41) is 2.18. The Balaban J connectivity index is 1.34. The van der Waals surface area contributed by atoms with Crippen LogP contribution in [0, 0.1) is 0 Å². The summed E-state index contributed by atoms with van der Waals surface area (Å²) < 4.78 is 5.45. The monoisotopic (exact) mass is 499 g/mol. The molecule has 0 radical (unpaired) electrons. The summed E-state index contributed by atoms with van der Waals surface area (Å²) in [6, 6.07) is 27.0. The lowest BCUT2D eigenvalue weighted by atomic mass is 10.0. The quantitative estimate of drug-likeness (QED) is 0.169. The minimum Gasteiger partial charge on any atom is -0.423 e. The van der Waals surface area contributed by atoms with Gasteiger partial charge in [0.2, 0.25) is 0 Å². The van der Waals surface area contributed by atoms with Crippen molar-refractivity contribution in [3.8, 4) is 5.75 Å². The van der Waals surface area contributed by atoms with E-state index in [-0.39, 0.29) is 17.7 Å². The van der Waals surface area contributed by atoms with E-state index in [0.717, 1.165) is 28.1 Å². The lowest BCUT2D eigenvalue weighted by Crippen LogP contribution is -2.27. The van der Waals surface area contributed by atoms with E-state index in [2.05, 4.69) is 0 Å². The first-order valence-corrected chi connectivity index (χ1v) is 12.0. The van der Waals surface area contributed by atoms with Crippen molar-refractivity contribution >= 4 is 57.3 Å². The van der Waals surface area contributed by atoms with Gasteiger partial charge in [-0.1, -0.05) is 72.3 Å². The second kappa shape index (κ2) is 9.78. The lowest BCUT2D eigenvalue weighted by Gasteiger charge is -2.14. The zero-order valence-electron chi connectivity index (χ0n) is 18.3. The summed E-state index contributed by atoms with van der Waals surface area (Å²) in [4.78, 5) is 39.7. The second-order valence-electron chi connectivity index (χ2n) is 7.88. The first-order chi connectivity index (χ1) is 17.0. The molecule has 0 N–H and O–H groups in total. The Bertz CT molecular complexity index is 1510. The fourth-order valence-electron chi connectivity index (χ4n) is 3.84. The predicted molar refractivity (Wildman–Crippen MR) is 138 cm³/mol. The van der Waals surface area contributed by atoms with Crippen LogP contribution in [0.15, 0.2) is 95.9 Å². The Kier molecular flexibility index (Phi) is 6.40. The zero-order valence-corrected chi connectivity index (χ0v) is 19.9. The molecular weight excluding hydrogens is 482 g/mol. The van der Waals surface area contributed by atoms with Crippen molar-refractivity contribution in [2.45, 2.75) is 6.54 Å². The van der Waals surface area contributed by atoms with E-state index in [1.165, 1.54) is 11.0 Å². The molecule has 1 aliphatic rings. The number of amides is 2. The van der Waals surface area contributed by atoms with Crippen LogP contribution in [-0.4, -0.2) is 22.0 Å². The molecule has 7 heteroatoms. The normalized spacial score (nSPS) is 14.7. The number of fused-ring (bicyclic) bond motifs is 1. The summed E-state index contributed by atoms with van der Waals surface area (Å²) in [6.45, 7) is 0.195. The third-order valence-corrected chi connectivity index (χ3v) is 6.65. The number of ether oxygens (including phenoxy) is 1. The van der Waals surface area contributed by atoms with Gasteiger partial charge in [0, 0.05) is 5.02 Å².